The van der Waals surface area contributed by atoms with Crippen LogP contribution in [0.15, 0.2) is 22.7 Å². The highest BCUT2D eigenvalue weighted by Gasteiger charge is 2.02. The first kappa shape index (κ1) is 13.0. The van der Waals surface area contributed by atoms with Crippen molar-refractivity contribution in [2.24, 2.45) is 5.92 Å². The Morgan fingerprint density at radius 1 is 1.56 bits per heavy atom. The van der Waals surface area contributed by atoms with E-state index in [1.54, 1.807) is 7.11 Å². The highest BCUT2D eigenvalue weighted by atomic mass is 79.9. The Hall–Kier alpha value is -1.05. The lowest BCUT2D eigenvalue weighted by Gasteiger charge is -2.08. The third-order valence-electron chi connectivity index (χ3n) is 2.22. The predicted octanol–water partition coefficient (Wildman–Crippen LogP) is 2.71. The topological polar surface area (TPSA) is 45.0 Å². The molecule has 1 atom stereocenters. The summed E-state index contributed by atoms with van der Waals surface area (Å²) in [6.45, 7) is 3.37. The molecule has 0 aliphatic rings. The number of methoxy groups -OCH3 is 1. The highest BCUT2D eigenvalue weighted by molar-refractivity contribution is 9.10. The number of nitrogens with zero attached hydrogens (tertiary/aromatic N) is 1. The first-order valence-corrected chi connectivity index (χ1v) is 5.89. The summed E-state index contributed by atoms with van der Waals surface area (Å²) in [7, 11) is 1.65. The van der Waals surface area contributed by atoms with Crippen LogP contribution in [-0.2, 0) is 6.54 Å². The Bertz CT molecular complexity index is 387. The van der Waals surface area contributed by atoms with Crippen molar-refractivity contribution in [3.8, 4) is 11.8 Å². The van der Waals surface area contributed by atoms with Crippen molar-refractivity contribution >= 4 is 15.9 Å². The van der Waals surface area contributed by atoms with Gasteiger partial charge in [-0.3, -0.25) is 0 Å². The van der Waals surface area contributed by atoms with E-state index in [2.05, 4.69) is 27.3 Å². The molecule has 0 spiro atoms. The van der Waals surface area contributed by atoms with E-state index in [0.717, 1.165) is 22.3 Å². The summed E-state index contributed by atoms with van der Waals surface area (Å²) in [5, 5.41) is 11.9. The van der Waals surface area contributed by atoms with Gasteiger partial charge in [-0.05, 0) is 40.5 Å². The number of nitrogens with one attached hydrogen (secondary N) is 1. The number of hydrogen-bond donors (Lipinski definition) is 1. The van der Waals surface area contributed by atoms with Crippen molar-refractivity contribution in [2.45, 2.75) is 13.5 Å². The Balaban J connectivity index is 2.50. The normalized spacial score (nSPS) is 11.9. The molecular formula is C12H15BrN2O. The molecule has 1 rings (SSSR count). The molecule has 0 aromatic heterocycles. The van der Waals surface area contributed by atoms with Crippen LogP contribution >= 0.6 is 15.9 Å². The predicted molar refractivity (Wildman–Crippen MR) is 67.2 cm³/mol. The minimum absolute atomic E-state index is 0.0432. The van der Waals surface area contributed by atoms with Gasteiger partial charge in [0, 0.05) is 13.1 Å². The number of rotatable bonds is 5. The van der Waals surface area contributed by atoms with E-state index < -0.39 is 0 Å². The van der Waals surface area contributed by atoms with E-state index >= 15 is 0 Å². The summed E-state index contributed by atoms with van der Waals surface area (Å²) in [4.78, 5) is 0. The Labute approximate surface area is 105 Å². The molecule has 0 radical (unpaired) electrons. The minimum atomic E-state index is 0.0432. The van der Waals surface area contributed by atoms with Crippen molar-refractivity contribution < 1.29 is 4.74 Å². The maximum atomic E-state index is 8.63. The van der Waals surface area contributed by atoms with Crippen LogP contribution in [0.3, 0.4) is 0 Å². The smallest absolute Gasteiger partial charge is 0.133 e. The zero-order chi connectivity index (χ0) is 12.0. The zero-order valence-electron chi connectivity index (χ0n) is 9.46. The van der Waals surface area contributed by atoms with Crippen LogP contribution in [0.1, 0.15) is 12.5 Å². The zero-order valence-corrected chi connectivity index (χ0v) is 11.0. The lowest BCUT2D eigenvalue weighted by molar-refractivity contribution is 0.412. The molecule has 1 aromatic carbocycles. The van der Waals surface area contributed by atoms with Crippen LogP contribution < -0.4 is 10.1 Å². The van der Waals surface area contributed by atoms with Crippen molar-refractivity contribution in [3.63, 3.8) is 0 Å². The first-order chi connectivity index (χ1) is 7.67. The van der Waals surface area contributed by atoms with E-state index in [9.17, 15) is 0 Å². The van der Waals surface area contributed by atoms with Gasteiger partial charge in [-0.25, -0.2) is 0 Å². The largest absolute Gasteiger partial charge is 0.496 e. The molecule has 0 aliphatic heterocycles. The molecule has 16 heavy (non-hydrogen) atoms. The monoisotopic (exact) mass is 282 g/mol. The van der Waals surface area contributed by atoms with Crippen molar-refractivity contribution in [2.75, 3.05) is 13.7 Å². The fourth-order valence-electron chi connectivity index (χ4n) is 1.30. The fraction of sp³-hybridized carbons (Fsp3) is 0.417. The van der Waals surface area contributed by atoms with Gasteiger partial charge in [-0.15, -0.1) is 0 Å². The molecule has 1 aromatic rings. The van der Waals surface area contributed by atoms with Crippen LogP contribution in [0.4, 0.5) is 0 Å². The number of nitriles is 1. The van der Waals surface area contributed by atoms with Crippen LogP contribution in [0, 0.1) is 17.2 Å². The van der Waals surface area contributed by atoms with E-state index in [0.29, 0.717) is 6.54 Å². The van der Waals surface area contributed by atoms with Gasteiger partial charge in [0.25, 0.3) is 0 Å². The van der Waals surface area contributed by atoms with Crippen LogP contribution in [-0.4, -0.2) is 13.7 Å². The summed E-state index contributed by atoms with van der Waals surface area (Å²) in [6, 6.07) is 8.14. The third-order valence-corrected chi connectivity index (χ3v) is 2.84. The first-order valence-electron chi connectivity index (χ1n) is 5.10. The van der Waals surface area contributed by atoms with Crippen molar-refractivity contribution in [1.82, 2.24) is 5.32 Å². The second-order valence-electron chi connectivity index (χ2n) is 3.63. The summed E-state index contributed by atoms with van der Waals surface area (Å²) in [6.07, 6.45) is 0. The lowest BCUT2D eigenvalue weighted by Crippen LogP contribution is -2.19. The van der Waals surface area contributed by atoms with Gasteiger partial charge in [-0.2, -0.15) is 5.26 Å². The van der Waals surface area contributed by atoms with Crippen LogP contribution in [0.25, 0.3) is 0 Å². The quantitative estimate of drug-likeness (QED) is 0.903. The highest BCUT2D eigenvalue weighted by Crippen LogP contribution is 2.25. The molecule has 0 aliphatic carbocycles. The standard InChI is InChI=1S/C12H15BrN2O/c1-9(6-14)7-15-8-10-3-4-12(16-2)11(13)5-10/h3-5,9,15H,7-8H2,1-2H3. The summed E-state index contributed by atoms with van der Waals surface area (Å²) >= 11 is 3.44. The SMILES string of the molecule is COc1ccc(CNCC(C)C#N)cc1Br. The second-order valence-corrected chi connectivity index (χ2v) is 4.48. The molecule has 0 saturated heterocycles. The molecule has 86 valence electrons. The number of ether oxygens (including phenoxy) is 1. The Kier molecular flexibility index (Phi) is 5.30. The second kappa shape index (κ2) is 6.51. The van der Waals surface area contributed by atoms with Gasteiger partial charge < -0.3 is 10.1 Å². The minimum Gasteiger partial charge on any atom is -0.496 e. The van der Waals surface area contributed by atoms with E-state index in [1.807, 2.05) is 25.1 Å². The lowest BCUT2D eigenvalue weighted by atomic mass is 10.2. The van der Waals surface area contributed by atoms with Gasteiger partial charge in [0.05, 0.1) is 23.6 Å². The molecule has 1 N–H and O–H groups in total. The van der Waals surface area contributed by atoms with Crippen LogP contribution in [0.5, 0.6) is 5.75 Å². The number of benzene rings is 1. The molecular weight excluding hydrogens is 268 g/mol. The molecule has 0 amide bonds. The summed E-state index contributed by atoms with van der Waals surface area (Å²) < 4.78 is 6.10. The van der Waals surface area contributed by atoms with Gasteiger partial charge >= 0.3 is 0 Å². The summed E-state index contributed by atoms with van der Waals surface area (Å²) in [5.74, 6) is 0.871. The molecule has 0 heterocycles. The Morgan fingerprint density at radius 3 is 2.88 bits per heavy atom. The number of halogens is 1. The van der Waals surface area contributed by atoms with Crippen LogP contribution in [0.2, 0.25) is 0 Å². The molecule has 0 fully saturated rings. The fourth-order valence-corrected chi connectivity index (χ4v) is 1.89. The van der Waals surface area contributed by atoms with Crippen molar-refractivity contribution in [3.05, 3.63) is 28.2 Å². The van der Waals surface area contributed by atoms with E-state index in [4.69, 9.17) is 10.00 Å². The van der Waals surface area contributed by atoms with Gasteiger partial charge in [-0.1, -0.05) is 6.07 Å². The summed E-state index contributed by atoms with van der Waals surface area (Å²) in [5.41, 5.74) is 1.16. The van der Waals surface area contributed by atoms with Gasteiger partial charge in [0.2, 0.25) is 0 Å². The average molecular weight is 283 g/mol. The average Bonchev–Trinajstić information content (AvgIpc) is 2.29. The maximum absolute atomic E-state index is 8.63. The van der Waals surface area contributed by atoms with E-state index in [-0.39, 0.29) is 5.92 Å². The molecule has 1 unspecified atom stereocenters. The van der Waals surface area contributed by atoms with Gasteiger partial charge in [0.15, 0.2) is 0 Å². The maximum Gasteiger partial charge on any atom is 0.133 e. The number of hydrogen-bond acceptors (Lipinski definition) is 3. The van der Waals surface area contributed by atoms with Gasteiger partial charge in [0.1, 0.15) is 5.75 Å². The molecule has 0 bridgehead atoms. The molecule has 0 saturated carbocycles. The van der Waals surface area contributed by atoms with Crippen molar-refractivity contribution in [1.29, 1.82) is 5.26 Å². The Morgan fingerprint density at radius 2 is 2.31 bits per heavy atom. The third kappa shape index (κ3) is 3.84. The molecule has 4 heteroatoms. The molecule has 3 nitrogen and oxygen atoms in total. The van der Waals surface area contributed by atoms with E-state index in [1.165, 1.54) is 0 Å².